The Bertz CT molecular complexity index is 3370. The molecular weight excluding hydrogens is 1270 g/mol. The van der Waals surface area contributed by atoms with Gasteiger partial charge in [0.1, 0.15) is 61.5 Å². The third-order valence-corrected chi connectivity index (χ3v) is 19.7. The van der Waals surface area contributed by atoms with Crippen molar-refractivity contribution in [2.75, 3.05) is 50.9 Å². The first-order valence-corrected chi connectivity index (χ1v) is 36.7. The van der Waals surface area contributed by atoms with Gasteiger partial charge in [0.2, 0.25) is 11.8 Å². The van der Waals surface area contributed by atoms with Crippen molar-refractivity contribution in [2.45, 2.75) is 251 Å². The largest absolute Gasteiger partial charge is 0.379 e. The van der Waals surface area contributed by atoms with Crippen molar-refractivity contribution < 1.29 is 50.4 Å². The van der Waals surface area contributed by atoms with Crippen LogP contribution < -0.4 is 42.5 Å². The number of para-hydroxylation sites is 4. The monoisotopic (exact) mass is 1390 g/mol. The topological polar surface area (TPSA) is 363 Å². The molecule has 26 heteroatoms. The van der Waals surface area contributed by atoms with Gasteiger partial charge in [-0.25, -0.2) is 9.97 Å². The zero-order chi connectivity index (χ0) is 72.0. The summed E-state index contributed by atoms with van der Waals surface area (Å²) in [6.07, 6.45) is -0.273. The van der Waals surface area contributed by atoms with Crippen molar-refractivity contribution in [3.8, 4) is 0 Å². The van der Waals surface area contributed by atoms with Crippen molar-refractivity contribution in [1.82, 2.24) is 71.4 Å². The van der Waals surface area contributed by atoms with E-state index in [2.05, 4.69) is 62.5 Å². The molecule has 8 rings (SSSR count). The van der Waals surface area contributed by atoms with Crippen LogP contribution in [0.15, 0.2) is 84.9 Å². The molecule has 0 aliphatic carbocycles. The van der Waals surface area contributed by atoms with Crippen molar-refractivity contribution in [3.05, 3.63) is 119 Å². The summed E-state index contributed by atoms with van der Waals surface area (Å²) in [7, 11) is 3.70. The third-order valence-electron chi connectivity index (χ3n) is 19.7. The van der Waals surface area contributed by atoms with E-state index in [4.69, 9.17) is 0 Å². The fourth-order valence-corrected chi connectivity index (χ4v) is 13.7. The summed E-state index contributed by atoms with van der Waals surface area (Å²) in [6, 6.07) is 24.1. The molecule has 1 unspecified atom stereocenters. The van der Waals surface area contributed by atoms with Crippen molar-refractivity contribution >= 4 is 45.3 Å². The molecule has 0 spiro atoms. The number of hydrogen-bond acceptors (Lipinski definition) is 22. The van der Waals surface area contributed by atoms with Crippen LogP contribution in [0.25, 0.3) is 22.1 Å². The van der Waals surface area contributed by atoms with E-state index in [9.17, 15) is 50.4 Å². The minimum atomic E-state index is -1.19. The molecule has 4 aromatic carbocycles. The van der Waals surface area contributed by atoms with Gasteiger partial charge in [0.05, 0.1) is 65.4 Å². The normalized spacial score (nSPS) is 20.2. The minimum absolute atomic E-state index is 0.221. The highest BCUT2D eigenvalue weighted by Crippen LogP contribution is 2.33. The molecule has 0 fully saturated rings. The molecule has 554 valence electrons. The number of fused-ring (bicyclic) bond motifs is 4. The standard InChI is InChI=1S/C74H118N16O10/c1-10-22-59(67(93)75-36-20-38-89-42-49-40-47(31-33-53(49)77-51(14-5)73(89)99)71(97)87(8)44-63-79-55-26-16-17-27-56(55)80-63)85-69(95)61(24-12-3)83-65(91)35-30-46(7)66(92)84-62(25-13-4)70(96)86-60(23-11-2)68(94)76-37-21-39-90-43-50-41-48(32-34-54(50)78-52(15-6)74(90)100)72(98)88(9)45-64-81-57-28-18-19-29-58(57)82-64/h16-19,26-29,31-34,40-41,46,51-52,59-62,65-66,68-69,71-74,76-78,83-85,91-92,94-95,97-100H,10-15,20-25,30,35-39,42-45H2,1-9H3,(H,75,93)(H,79,80)(H,81,82)(H,86,96)/t46?,51-,52+,59+,60+,61+,62+,65+,66-,68-,69-,71+,72-,73+,74-/m1/s1. The predicted molar refractivity (Wildman–Crippen MR) is 391 cm³/mol. The molecule has 100 heavy (non-hydrogen) atoms. The quantitative estimate of drug-likeness (QED) is 0.0160. The summed E-state index contributed by atoms with van der Waals surface area (Å²) in [6.45, 7) is 17.1. The van der Waals surface area contributed by atoms with Gasteiger partial charge in [0.15, 0.2) is 0 Å². The van der Waals surface area contributed by atoms with Crippen LogP contribution >= 0.6 is 0 Å². The molecule has 2 aliphatic heterocycles. The van der Waals surface area contributed by atoms with E-state index < -0.39 is 79.9 Å². The molecule has 0 saturated heterocycles. The van der Waals surface area contributed by atoms with Crippen LogP contribution in [0.2, 0.25) is 0 Å². The Morgan fingerprint density at radius 2 is 1.03 bits per heavy atom. The average Bonchev–Trinajstić information content (AvgIpc) is 1.69. The lowest BCUT2D eigenvalue weighted by atomic mass is 10.0. The Morgan fingerprint density at radius 1 is 0.560 bits per heavy atom. The second-order valence-electron chi connectivity index (χ2n) is 27.7. The molecule has 4 heterocycles. The zero-order valence-corrected chi connectivity index (χ0v) is 60.4. The molecule has 6 aromatic rings. The van der Waals surface area contributed by atoms with E-state index in [1.165, 1.54) is 0 Å². The smallest absolute Gasteiger partial charge is 0.237 e. The number of aromatic nitrogens is 4. The SMILES string of the molecule is CCC[C@H](N[C@H](O)C(C)CC[C@H](O)N[C@@H](CCC)[C@@H](O)N[C@@H](CCC)C(=O)NCCCN1Cc2cc([C@H](O)N(C)Cc3nc4ccccc4[nH]3)ccc2N[C@H](CC)[C@@H]1O)C(=O)N[C@@H](CCC)[C@@H](O)NCCCN1Cc2cc([C@@H](O)N(C)Cc3nc4ccccc4[nH]3)ccc2N[C@@H](CC)[C@H]1O. The number of aliphatic hydroxyl groups is 8. The summed E-state index contributed by atoms with van der Waals surface area (Å²) in [5, 5.41) is 118. The molecule has 2 aliphatic rings. The first kappa shape index (κ1) is 79.4. The Balaban J connectivity index is 0.759. The van der Waals surface area contributed by atoms with Crippen molar-refractivity contribution in [3.63, 3.8) is 0 Å². The minimum Gasteiger partial charge on any atom is -0.379 e. The van der Waals surface area contributed by atoms with E-state index in [0.717, 1.165) is 61.8 Å². The maximum Gasteiger partial charge on any atom is 0.237 e. The average molecular weight is 1390 g/mol. The number of imidazole rings is 2. The lowest BCUT2D eigenvalue weighted by molar-refractivity contribution is -0.126. The van der Waals surface area contributed by atoms with E-state index in [1.807, 2.05) is 167 Å². The van der Waals surface area contributed by atoms with Gasteiger partial charge in [-0.1, -0.05) is 111 Å². The summed E-state index contributed by atoms with van der Waals surface area (Å²) < 4.78 is 0. The molecule has 0 saturated carbocycles. The summed E-state index contributed by atoms with van der Waals surface area (Å²) in [4.78, 5) is 51.5. The number of amides is 2. The van der Waals surface area contributed by atoms with Gasteiger partial charge in [-0.2, -0.15) is 0 Å². The number of carbonyl (C=O) groups excluding carboxylic acids is 2. The number of carbonyl (C=O) groups is 2. The molecule has 2 aromatic heterocycles. The Labute approximate surface area is 590 Å². The Hall–Kier alpha value is -6.28. The molecule has 18 N–H and O–H groups in total. The predicted octanol–water partition coefficient (Wildman–Crippen LogP) is 5.77. The lowest BCUT2D eigenvalue weighted by Gasteiger charge is -2.32. The maximum atomic E-state index is 14.0. The number of rotatable bonds is 42. The summed E-state index contributed by atoms with van der Waals surface area (Å²) >= 11 is 0. The van der Waals surface area contributed by atoms with Gasteiger partial charge in [-0.3, -0.25) is 50.5 Å². The molecule has 0 radical (unpaired) electrons. The van der Waals surface area contributed by atoms with Crippen LogP contribution in [0, 0.1) is 5.92 Å². The van der Waals surface area contributed by atoms with E-state index in [-0.39, 0.29) is 30.3 Å². The number of aliphatic hydroxyl groups excluding tert-OH is 8. The van der Waals surface area contributed by atoms with Crippen molar-refractivity contribution in [1.29, 1.82) is 0 Å². The number of aromatic amines is 2. The fraction of sp³-hybridized carbons (Fsp3) is 0.622. The highest BCUT2D eigenvalue weighted by atomic mass is 16.3. The number of nitrogens with one attached hydrogen (secondary N) is 10. The summed E-state index contributed by atoms with van der Waals surface area (Å²) in [5.41, 5.74) is 8.69. The number of H-pyrrole nitrogens is 2. The van der Waals surface area contributed by atoms with Gasteiger partial charge < -0.3 is 72.1 Å². The van der Waals surface area contributed by atoms with Crippen LogP contribution in [0.1, 0.15) is 185 Å². The number of hydrogen-bond donors (Lipinski definition) is 18. The second kappa shape index (κ2) is 39.4. The van der Waals surface area contributed by atoms with Crippen LogP contribution in [0.4, 0.5) is 11.4 Å². The Morgan fingerprint density at radius 3 is 1.52 bits per heavy atom. The molecular formula is C74H118N16O10. The van der Waals surface area contributed by atoms with E-state index >= 15 is 0 Å². The number of nitrogens with zero attached hydrogens (tertiary/aromatic N) is 6. The van der Waals surface area contributed by atoms with Crippen molar-refractivity contribution in [2.24, 2.45) is 5.92 Å². The van der Waals surface area contributed by atoms with Gasteiger partial charge in [-0.05, 0) is 162 Å². The zero-order valence-electron chi connectivity index (χ0n) is 60.4. The highest BCUT2D eigenvalue weighted by molar-refractivity contribution is 5.82. The third kappa shape index (κ3) is 22.1. The fourth-order valence-electron chi connectivity index (χ4n) is 13.7. The van der Waals surface area contributed by atoms with Gasteiger partial charge >= 0.3 is 0 Å². The maximum absolute atomic E-state index is 14.0. The van der Waals surface area contributed by atoms with E-state index in [1.54, 1.807) is 0 Å². The van der Waals surface area contributed by atoms with Crippen LogP contribution in [0.5, 0.6) is 0 Å². The van der Waals surface area contributed by atoms with Crippen LogP contribution in [0.3, 0.4) is 0 Å². The van der Waals surface area contributed by atoms with Gasteiger partial charge in [-0.15, -0.1) is 0 Å². The molecule has 26 nitrogen and oxygen atoms in total. The second-order valence-corrected chi connectivity index (χ2v) is 27.7. The highest BCUT2D eigenvalue weighted by Gasteiger charge is 2.34. The molecule has 0 bridgehead atoms. The van der Waals surface area contributed by atoms with Crippen LogP contribution in [-0.2, 0) is 35.8 Å². The number of benzene rings is 4. The molecule has 15 atom stereocenters. The van der Waals surface area contributed by atoms with Gasteiger partial charge in [0, 0.05) is 50.1 Å². The number of anilines is 2. The first-order chi connectivity index (χ1) is 48.1. The molecule has 2 amide bonds. The van der Waals surface area contributed by atoms with Crippen LogP contribution in [-0.4, -0.2) is 206 Å². The van der Waals surface area contributed by atoms with Gasteiger partial charge in [0.25, 0.3) is 0 Å². The lowest BCUT2D eigenvalue weighted by Crippen LogP contribution is -2.57. The van der Waals surface area contributed by atoms with E-state index in [0.29, 0.717) is 141 Å². The summed E-state index contributed by atoms with van der Waals surface area (Å²) in [5.74, 6) is 0.481. The Kier molecular flexibility index (Phi) is 31.3. The first-order valence-electron chi connectivity index (χ1n) is 36.7.